The largest absolute Gasteiger partial charge is 0.480 e. The van der Waals surface area contributed by atoms with E-state index in [1.807, 2.05) is 24.3 Å². The number of hydrogen-bond donors (Lipinski definition) is 3. The van der Waals surface area contributed by atoms with Gasteiger partial charge in [0.25, 0.3) is 5.91 Å². The maximum absolute atomic E-state index is 12.9. The van der Waals surface area contributed by atoms with E-state index in [0.717, 1.165) is 27.8 Å². The van der Waals surface area contributed by atoms with Gasteiger partial charge in [-0.2, -0.15) is 0 Å². The van der Waals surface area contributed by atoms with Gasteiger partial charge in [-0.1, -0.05) is 47.5 Å². The summed E-state index contributed by atoms with van der Waals surface area (Å²) in [5.74, 6) is -1.62. The van der Waals surface area contributed by atoms with Crippen molar-refractivity contribution < 1.29 is 14.7 Å². The van der Waals surface area contributed by atoms with Gasteiger partial charge < -0.3 is 15.4 Å². The first-order chi connectivity index (χ1) is 14.8. The normalized spacial score (nSPS) is 12.1. The number of nitrogens with zero attached hydrogens (tertiary/aromatic N) is 1. The summed E-state index contributed by atoms with van der Waals surface area (Å²) < 4.78 is 0. The van der Waals surface area contributed by atoms with Crippen LogP contribution in [0.15, 0.2) is 48.7 Å². The van der Waals surface area contributed by atoms with Crippen LogP contribution in [0.1, 0.15) is 20.9 Å². The molecule has 2 heterocycles. The molecule has 0 bridgehead atoms. The lowest BCUT2D eigenvalue weighted by molar-refractivity contribution is -0.139. The van der Waals surface area contributed by atoms with Crippen molar-refractivity contribution in [1.29, 1.82) is 0 Å². The van der Waals surface area contributed by atoms with E-state index in [4.69, 9.17) is 23.2 Å². The zero-order chi connectivity index (χ0) is 22.1. The predicted molar refractivity (Wildman–Crippen MR) is 123 cm³/mol. The number of aromatic nitrogens is 2. The highest BCUT2D eigenvalue weighted by Crippen LogP contribution is 2.37. The number of halogens is 2. The van der Waals surface area contributed by atoms with Gasteiger partial charge in [0.1, 0.15) is 15.9 Å². The average molecular weight is 474 g/mol. The van der Waals surface area contributed by atoms with Gasteiger partial charge in [0.2, 0.25) is 0 Å². The molecule has 0 radical (unpaired) electrons. The standard InChI is InChI=1S/C22H17Cl2N3O3S/c1-11-19(31-21(26-11)18-14(23)6-4-7-15(18)24)20(28)27-17(22(29)30)9-12-10-25-16-8-3-2-5-13(12)16/h2-8,10,17,25H,9H2,1H3,(H,27,28)(H,29,30)/t17-/m0/s1. The Hall–Kier alpha value is -2.87. The SMILES string of the molecule is Cc1nc(-c2c(Cl)cccc2Cl)sc1C(=O)N[C@@H](Cc1c[nH]c2ccccc12)C(=O)O. The highest BCUT2D eigenvalue weighted by Gasteiger charge is 2.25. The Bertz CT molecular complexity index is 1280. The monoisotopic (exact) mass is 473 g/mol. The third-order valence-electron chi connectivity index (χ3n) is 4.88. The maximum atomic E-state index is 12.9. The Kier molecular flexibility index (Phi) is 6.00. The number of carbonyl (C=O) groups is 2. The number of fused-ring (bicyclic) bond motifs is 1. The number of thiazole rings is 1. The van der Waals surface area contributed by atoms with Gasteiger partial charge >= 0.3 is 5.97 Å². The fourth-order valence-corrected chi connectivity index (χ4v) is 5.09. The number of hydrogen-bond acceptors (Lipinski definition) is 4. The van der Waals surface area contributed by atoms with Crippen LogP contribution in [0, 0.1) is 6.92 Å². The lowest BCUT2D eigenvalue weighted by Gasteiger charge is -2.14. The number of rotatable bonds is 6. The van der Waals surface area contributed by atoms with Gasteiger partial charge in [0.15, 0.2) is 0 Å². The van der Waals surface area contributed by atoms with Crippen molar-refractivity contribution >= 4 is 57.3 Å². The van der Waals surface area contributed by atoms with E-state index >= 15 is 0 Å². The van der Waals surface area contributed by atoms with Gasteiger partial charge in [0.05, 0.1) is 15.7 Å². The number of H-pyrrole nitrogens is 1. The number of amides is 1. The molecule has 0 aliphatic carbocycles. The Morgan fingerprint density at radius 1 is 1.16 bits per heavy atom. The molecule has 9 heteroatoms. The Balaban J connectivity index is 1.59. The minimum atomic E-state index is -1.12. The predicted octanol–water partition coefficient (Wildman–Crippen LogP) is 5.33. The summed E-state index contributed by atoms with van der Waals surface area (Å²) in [6.07, 6.45) is 1.91. The van der Waals surface area contributed by atoms with Gasteiger partial charge in [0, 0.05) is 29.1 Å². The van der Waals surface area contributed by atoms with E-state index in [0.29, 0.717) is 31.2 Å². The molecule has 0 unspecified atom stereocenters. The molecule has 4 rings (SSSR count). The van der Waals surface area contributed by atoms with Crippen LogP contribution in [0.5, 0.6) is 0 Å². The maximum Gasteiger partial charge on any atom is 0.326 e. The molecule has 0 saturated heterocycles. The Morgan fingerprint density at radius 2 is 1.87 bits per heavy atom. The molecule has 0 aliphatic heterocycles. The van der Waals surface area contributed by atoms with Crippen molar-refractivity contribution in [3.8, 4) is 10.6 Å². The van der Waals surface area contributed by atoms with Crippen LogP contribution in [0.2, 0.25) is 10.0 Å². The molecule has 2 aromatic carbocycles. The van der Waals surface area contributed by atoms with E-state index in [-0.39, 0.29) is 6.42 Å². The van der Waals surface area contributed by atoms with E-state index in [9.17, 15) is 14.7 Å². The fraction of sp³-hybridized carbons (Fsp3) is 0.136. The Labute approximate surface area is 191 Å². The molecule has 0 aliphatic rings. The van der Waals surface area contributed by atoms with Crippen molar-refractivity contribution in [2.75, 3.05) is 0 Å². The average Bonchev–Trinajstić information content (AvgIpc) is 3.31. The summed E-state index contributed by atoms with van der Waals surface area (Å²) >= 11 is 13.6. The second-order valence-electron chi connectivity index (χ2n) is 6.96. The summed E-state index contributed by atoms with van der Waals surface area (Å²) in [5, 5.41) is 14.6. The van der Waals surface area contributed by atoms with E-state index in [1.54, 1.807) is 31.3 Å². The summed E-state index contributed by atoms with van der Waals surface area (Å²) in [5.41, 5.74) is 2.75. The van der Waals surface area contributed by atoms with Gasteiger partial charge in [-0.15, -0.1) is 11.3 Å². The number of aliphatic carboxylic acids is 1. The molecule has 2 aromatic heterocycles. The highest BCUT2D eigenvalue weighted by atomic mass is 35.5. The zero-order valence-electron chi connectivity index (χ0n) is 16.3. The van der Waals surface area contributed by atoms with Crippen molar-refractivity contribution in [2.24, 2.45) is 0 Å². The lowest BCUT2D eigenvalue weighted by Crippen LogP contribution is -2.42. The molecule has 1 atom stereocenters. The molecule has 31 heavy (non-hydrogen) atoms. The fourth-order valence-electron chi connectivity index (χ4n) is 3.36. The number of aryl methyl sites for hydroxylation is 1. The summed E-state index contributed by atoms with van der Waals surface area (Å²) in [7, 11) is 0. The summed E-state index contributed by atoms with van der Waals surface area (Å²) in [6.45, 7) is 1.69. The first-order valence-electron chi connectivity index (χ1n) is 9.35. The smallest absolute Gasteiger partial charge is 0.326 e. The quantitative estimate of drug-likeness (QED) is 0.352. The minimum Gasteiger partial charge on any atom is -0.480 e. The van der Waals surface area contributed by atoms with Gasteiger partial charge in [-0.3, -0.25) is 4.79 Å². The third kappa shape index (κ3) is 4.30. The molecule has 6 nitrogen and oxygen atoms in total. The molecule has 1 amide bonds. The molecule has 4 aromatic rings. The molecule has 158 valence electrons. The van der Waals surface area contributed by atoms with Crippen LogP contribution < -0.4 is 5.32 Å². The zero-order valence-corrected chi connectivity index (χ0v) is 18.6. The van der Waals surface area contributed by atoms with Crippen LogP contribution in [0.4, 0.5) is 0 Å². The number of benzene rings is 2. The molecular weight excluding hydrogens is 457 g/mol. The number of para-hydroxylation sites is 1. The van der Waals surface area contributed by atoms with Crippen LogP contribution in [0.25, 0.3) is 21.5 Å². The van der Waals surface area contributed by atoms with Crippen LogP contribution in [-0.4, -0.2) is 33.0 Å². The second-order valence-corrected chi connectivity index (χ2v) is 8.77. The van der Waals surface area contributed by atoms with E-state index < -0.39 is 17.9 Å². The third-order valence-corrected chi connectivity index (χ3v) is 6.69. The number of carboxylic acids is 1. The first-order valence-corrected chi connectivity index (χ1v) is 10.9. The van der Waals surface area contributed by atoms with Crippen LogP contribution in [0.3, 0.4) is 0 Å². The van der Waals surface area contributed by atoms with Crippen LogP contribution >= 0.6 is 34.5 Å². The molecule has 0 saturated carbocycles. The van der Waals surface area contributed by atoms with E-state index in [2.05, 4.69) is 15.3 Å². The lowest BCUT2D eigenvalue weighted by atomic mass is 10.0. The highest BCUT2D eigenvalue weighted by molar-refractivity contribution is 7.17. The number of nitrogens with one attached hydrogen (secondary N) is 2. The minimum absolute atomic E-state index is 0.145. The number of aromatic amines is 1. The van der Waals surface area contributed by atoms with Crippen molar-refractivity contribution in [1.82, 2.24) is 15.3 Å². The summed E-state index contributed by atoms with van der Waals surface area (Å²) in [6, 6.07) is 11.6. The first kappa shape index (κ1) is 21.4. The molecule has 0 fully saturated rings. The summed E-state index contributed by atoms with van der Waals surface area (Å²) in [4.78, 5) is 32.6. The van der Waals surface area contributed by atoms with Crippen LogP contribution in [-0.2, 0) is 11.2 Å². The number of carboxylic acid groups (broad SMARTS) is 1. The van der Waals surface area contributed by atoms with Gasteiger partial charge in [-0.25, -0.2) is 9.78 Å². The second kappa shape index (κ2) is 8.70. The molecule has 3 N–H and O–H groups in total. The van der Waals surface area contributed by atoms with Crippen molar-refractivity contribution in [3.05, 3.63) is 74.8 Å². The molecule has 0 spiro atoms. The van der Waals surface area contributed by atoms with Gasteiger partial charge in [-0.05, 0) is 30.7 Å². The van der Waals surface area contributed by atoms with Crippen molar-refractivity contribution in [2.45, 2.75) is 19.4 Å². The molecular formula is C22H17Cl2N3O3S. The van der Waals surface area contributed by atoms with Crippen molar-refractivity contribution in [3.63, 3.8) is 0 Å². The number of carbonyl (C=O) groups excluding carboxylic acids is 1. The van der Waals surface area contributed by atoms with E-state index in [1.165, 1.54) is 0 Å². The topological polar surface area (TPSA) is 95.1 Å². The Morgan fingerprint density at radius 3 is 2.58 bits per heavy atom.